The summed E-state index contributed by atoms with van der Waals surface area (Å²) in [6.07, 6.45) is 1.74. The largest absolute Gasteiger partial charge is 0.342 e. The van der Waals surface area contributed by atoms with E-state index in [1.165, 1.54) is 0 Å². The molecule has 0 spiro atoms. The Balaban J connectivity index is 1.82. The van der Waals surface area contributed by atoms with Gasteiger partial charge in [0.15, 0.2) is 5.78 Å². The molecule has 1 atom stereocenters. The minimum absolute atomic E-state index is 0.0220. The number of rotatable bonds is 2. The molecule has 0 bridgehead atoms. The molecular weight excluding hydrogens is 346 g/mol. The number of carbonyl (C=O) groups is 1. The standard InChI is InChI=1S/C21H16ClN3O/c1-13-7-9-16(12-23-13)24-21-19(14-5-3-2-4-6-14)20(26)17-11-15(22)8-10-18(17)25-21/h2-12,19H,1H3,(H,24,25). The van der Waals surface area contributed by atoms with Gasteiger partial charge in [0, 0.05) is 16.3 Å². The predicted octanol–water partition coefficient (Wildman–Crippen LogP) is 5.17. The number of amidine groups is 1. The van der Waals surface area contributed by atoms with Crippen LogP contribution in [0, 0.1) is 6.92 Å². The van der Waals surface area contributed by atoms with E-state index in [0.717, 1.165) is 16.9 Å². The Morgan fingerprint density at radius 2 is 1.85 bits per heavy atom. The second kappa shape index (κ2) is 6.73. The summed E-state index contributed by atoms with van der Waals surface area (Å²) < 4.78 is 0. The molecule has 2 heterocycles. The van der Waals surface area contributed by atoms with E-state index in [2.05, 4.69) is 10.3 Å². The van der Waals surface area contributed by atoms with Crippen LogP contribution in [0.15, 0.2) is 71.9 Å². The molecule has 128 valence electrons. The summed E-state index contributed by atoms with van der Waals surface area (Å²) in [5.74, 6) is 0.0522. The van der Waals surface area contributed by atoms with E-state index in [-0.39, 0.29) is 5.78 Å². The van der Waals surface area contributed by atoms with E-state index in [9.17, 15) is 4.79 Å². The van der Waals surface area contributed by atoms with Gasteiger partial charge >= 0.3 is 0 Å². The number of ketones is 1. The monoisotopic (exact) mass is 361 g/mol. The highest BCUT2D eigenvalue weighted by atomic mass is 35.5. The summed E-state index contributed by atoms with van der Waals surface area (Å²) in [5, 5.41) is 3.80. The number of hydrogen-bond donors (Lipinski definition) is 1. The first-order chi connectivity index (χ1) is 12.6. The average Bonchev–Trinajstić information content (AvgIpc) is 2.65. The maximum Gasteiger partial charge on any atom is 0.180 e. The van der Waals surface area contributed by atoms with Gasteiger partial charge in [0.25, 0.3) is 0 Å². The first-order valence-corrected chi connectivity index (χ1v) is 8.66. The van der Waals surface area contributed by atoms with E-state index in [4.69, 9.17) is 16.6 Å². The van der Waals surface area contributed by atoms with Gasteiger partial charge in [-0.05, 0) is 42.8 Å². The van der Waals surface area contributed by atoms with Crippen LogP contribution in [0.25, 0.3) is 0 Å². The molecule has 5 heteroatoms. The number of fused-ring (bicyclic) bond motifs is 1. The zero-order valence-corrected chi connectivity index (χ0v) is 14.9. The molecule has 0 fully saturated rings. The molecule has 0 saturated carbocycles. The van der Waals surface area contributed by atoms with Gasteiger partial charge in [-0.2, -0.15) is 0 Å². The smallest absolute Gasteiger partial charge is 0.180 e. The molecule has 0 amide bonds. The van der Waals surface area contributed by atoms with Crippen molar-refractivity contribution in [2.45, 2.75) is 12.8 Å². The maximum absolute atomic E-state index is 13.2. The molecule has 0 saturated heterocycles. The third kappa shape index (κ3) is 3.11. The molecule has 1 aliphatic heterocycles. The van der Waals surface area contributed by atoms with E-state index >= 15 is 0 Å². The lowest BCUT2D eigenvalue weighted by atomic mass is 9.86. The maximum atomic E-state index is 13.2. The molecule has 0 radical (unpaired) electrons. The Labute approximate surface area is 156 Å². The topological polar surface area (TPSA) is 54.4 Å². The number of Topliss-reactive ketones (excluding diaryl/α,β-unsaturated/α-hetero) is 1. The predicted molar refractivity (Wildman–Crippen MR) is 105 cm³/mol. The van der Waals surface area contributed by atoms with Gasteiger partial charge in [-0.3, -0.25) is 9.78 Å². The number of halogens is 1. The minimum atomic E-state index is -0.511. The third-order valence-electron chi connectivity index (χ3n) is 4.32. The van der Waals surface area contributed by atoms with Crippen LogP contribution >= 0.6 is 11.6 Å². The number of pyridine rings is 1. The lowest BCUT2D eigenvalue weighted by molar-refractivity contribution is 0.0981. The molecule has 4 rings (SSSR count). The van der Waals surface area contributed by atoms with Crippen LogP contribution in [0.3, 0.4) is 0 Å². The normalized spacial score (nSPS) is 16.0. The van der Waals surface area contributed by atoms with Crippen molar-refractivity contribution in [3.05, 3.63) is 88.7 Å². The van der Waals surface area contributed by atoms with Crippen LogP contribution in [0.5, 0.6) is 0 Å². The van der Waals surface area contributed by atoms with Crippen LogP contribution < -0.4 is 5.32 Å². The zero-order chi connectivity index (χ0) is 18.1. The number of aromatic nitrogens is 1. The number of hydrogen-bond acceptors (Lipinski definition) is 4. The lowest BCUT2D eigenvalue weighted by Crippen LogP contribution is -2.31. The van der Waals surface area contributed by atoms with Gasteiger partial charge in [0.1, 0.15) is 11.8 Å². The van der Waals surface area contributed by atoms with Gasteiger partial charge < -0.3 is 5.32 Å². The molecule has 1 aromatic heterocycles. The Bertz CT molecular complexity index is 998. The first kappa shape index (κ1) is 16.5. The van der Waals surface area contributed by atoms with Gasteiger partial charge in [-0.15, -0.1) is 0 Å². The summed E-state index contributed by atoms with van der Waals surface area (Å²) in [6, 6.07) is 18.7. The SMILES string of the molecule is Cc1ccc(NC2=Nc3ccc(Cl)cc3C(=O)C2c2ccccc2)cn1. The molecule has 0 aliphatic carbocycles. The number of aliphatic imine (C=N–C) groups is 1. The van der Waals surface area contributed by atoms with Crippen molar-refractivity contribution in [2.75, 3.05) is 5.32 Å². The number of anilines is 1. The molecule has 2 aromatic carbocycles. The summed E-state index contributed by atoms with van der Waals surface area (Å²) in [4.78, 5) is 22.2. The van der Waals surface area contributed by atoms with Crippen molar-refractivity contribution in [2.24, 2.45) is 4.99 Å². The molecular formula is C21H16ClN3O. The summed E-state index contributed by atoms with van der Waals surface area (Å²) in [7, 11) is 0. The Morgan fingerprint density at radius 1 is 1.04 bits per heavy atom. The number of nitrogens with zero attached hydrogens (tertiary/aromatic N) is 2. The van der Waals surface area contributed by atoms with Crippen LogP contribution in [-0.2, 0) is 0 Å². The fourth-order valence-electron chi connectivity index (χ4n) is 3.02. The van der Waals surface area contributed by atoms with Gasteiger partial charge in [-0.1, -0.05) is 41.9 Å². The molecule has 3 aromatic rings. The minimum Gasteiger partial charge on any atom is -0.342 e. The van der Waals surface area contributed by atoms with E-state index in [0.29, 0.717) is 22.1 Å². The van der Waals surface area contributed by atoms with Crippen LogP contribution in [0.2, 0.25) is 5.02 Å². The fourth-order valence-corrected chi connectivity index (χ4v) is 3.19. The Hall–Kier alpha value is -2.98. The van der Waals surface area contributed by atoms with E-state index in [1.807, 2.05) is 49.4 Å². The highest BCUT2D eigenvalue weighted by molar-refractivity contribution is 6.32. The van der Waals surface area contributed by atoms with Crippen molar-refractivity contribution in [3.63, 3.8) is 0 Å². The number of benzene rings is 2. The summed E-state index contributed by atoms with van der Waals surface area (Å²) in [6.45, 7) is 1.93. The van der Waals surface area contributed by atoms with Gasteiger partial charge in [-0.25, -0.2) is 4.99 Å². The van der Waals surface area contributed by atoms with Gasteiger partial charge in [0.05, 0.1) is 17.6 Å². The van der Waals surface area contributed by atoms with Crippen LogP contribution in [0.4, 0.5) is 11.4 Å². The quantitative estimate of drug-likeness (QED) is 0.685. The highest BCUT2D eigenvalue weighted by Crippen LogP contribution is 2.35. The van der Waals surface area contributed by atoms with Crippen molar-refractivity contribution in [1.82, 2.24) is 4.98 Å². The molecule has 1 aliphatic rings. The second-order valence-corrected chi connectivity index (χ2v) is 6.62. The third-order valence-corrected chi connectivity index (χ3v) is 4.55. The summed E-state index contributed by atoms with van der Waals surface area (Å²) in [5.41, 5.74) is 3.76. The zero-order valence-electron chi connectivity index (χ0n) is 14.1. The Morgan fingerprint density at radius 3 is 2.58 bits per heavy atom. The molecule has 1 unspecified atom stereocenters. The molecule has 26 heavy (non-hydrogen) atoms. The fraction of sp³-hybridized carbons (Fsp3) is 0.0952. The highest BCUT2D eigenvalue weighted by Gasteiger charge is 2.33. The number of aryl methyl sites for hydroxylation is 1. The van der Waals surface area contributed by atoms with Crippen molar-refractivity contribution < 1.29 is 4.79 Å². The molecule has 4 nitrogen and oxygen atoms in total. The van der Waals surface area contributed by atoms with Crippen molar-refractivity contribution >= 4 is 34.6 Å². The lowest BCUT2D eigenvalue weighted by Gasteiger charge is -2.25. The van der Waals surface area contributed by atoms with E-state index in [1.54, 1.807) is 24.4 Å². The number of nitrogens with one attached hydrogen (secondary N) is 1. The van der Waals surface area contributed by atoms with Gasteiger partial charge in [0.2, 0.25) is 0 Å². The summed E-state index contributed by atoms with van der Waals surface area (Å²) >= 11 is 6.09. The average molecular weight is 362 g/mol. The second-order valence-electron chi connectivity index (χ2n) is 6.18. The first-order valence-electron chi connectivity index (χ1n) is 8.29. The van der Waals surface area contributed by atoms with Crippen molar-refractivity contribution in [1.29, 1.82) is 0 Å². The van der Waals surface area contributed by atoms with E-state index < -0.39 is 5.92 Å². The molecule has 1 N–H and O–H groups in total. The van der Waals surface area contributed by atoms with Crippen LogP contribution in [0.1, 0.15) is 27.5 Å². The van der Waals surface area contributed by atoms with Crippen molar-refractivity contribution in [3.8, 4) is 0 Å². The number of carbonyl (C=O) groups excluding carboxylic acids is 1. The van der Waals surface area contributed by atoms with Crippen LogP contribution in [-0.4, -0.2) is 16.6 Å². The Kier molecular flexibility index (Phi) is 4.27.